The van der Waals surface area contributed by atoms with Crippen molar-refractivity contribution < 1.29 is 0 Å². The topological polar surface area (TPSA) is 24.7 Å². The molecule has 0 amide bonds. The third-order valence-corrected chi connectivity index (χ3v) is 9.67. The van der Waals surface area contributed by atoms with E-state index in [9.17, 15) is 0 Å². The van der Waals surface area contributed by atoms with E-state index in [0.717, 1.165) is 18.5 Å². The molecule has 42 heavy (non-hydrogen) atoms. The largest absolute Gasteiger partial charge is 0.240 e. The summed E-state index contributed by atoms with van der Waals surface area (Å²) in [6, 6.07) is 0. The standard InChI is InChI=1S/C40H77N2/c1-3-5-7-9-11-13-15-17-19-20-21-23-25-27-29-31-33-35-39(38-40-41-36-37-42-40)34-32-30-28-26-24-22-18-16-14-12-10-8-6-4-2/h36-37,39H,3-35,38H2,1-2H3/q+1. The van der Waals surface area contributed by atoms with Crippen molar-refractivity contribution in [3.05, 3.63) is 6.17 Å². The second kappa shape index (κ2) is 33.1. The zero-order valence-corrected chi connectivity index (χ0v) is 29.2. The lowest BCUT2D eigenvalue weighted by atomic mass is 9.90. The molecular weight excluding hydrogens is 508 g/mol. The zero-order chi connectivity index (χ0) is 30.0. The van der Waals surface area contributed by atoms with Crippen molar-refractivity contribution in [2.24, 2.45) is 15.9 Å². The van der Waals surface area contributed by atoms with Crippen LogP contribution in [0.2, 0.25) is 0 Å². The molecule has 0 aromatic carbocycles. The Balaban J connectivity index is 1.92. The minimum Gasteiger partial charge on any atom is -0.0968 e. The molecule has 1 aliphatic heterocycles. The van der Waals surface area contributed by atoms with E-state index in [2.05, 4.69) is 23.8 Å². The maximum absolute atomic E-state index is 4.49. The Morgan fingerprint density at radius 2 is 0.595 bits per heavy atom. The number of aliphatic imine (C=N–C) groups is 2. The quantitative estimate of drug-likeness (QED) is 0.0522. The summed E-state index contributed by atoms with van der Waals surface area (Å²) < 4.78 is 0. The van der Waals surface area contributed by atoms with Crippen molar-refractivity contribution in [1.29, 1.82) is 0 Å². The Hall–Kier alpha value is -0.790. The summed E-state index contributed by atoms with van der Waals surface area (Å²) in [5.41, 5.74) is 0. The lowest BCUT2D eigenvalue weighted by molar-refractivity contribution is 0.384. The smallest absolute Gasteiger partial charge is 0.0968 e. The molecule has 0 aromatic rings. The predicted octanol–water partition coefficient (Wildman–Crippen LogP) is 14.6. The molecule has 0 spiro atoms. The van der Waals surface area contributed by atoms with E-state index < -0.39 is 0 Å². The molecule has 0 fully saturated rings. The average molecular weight is 586 g/mol. The van der Waals surface area contributed by atoms with Gasteiger partial charge in [0.15, 0.2) is 12.4 Å². The highest BCUT2D eigenvalue weighted by atomic mass is 15.0. The second-order valence-corrected chi connectivity index (χ2v) is 13.9. The van der Waals surface area contributed by atoms with E-state index in [1.165, 1.54) is 212 Å². The first-order chi connectivity index (χ1) is 20.9. The van der Waals surface area contributed by atoms with Crippen molar-refractivity contribution in [2.75, 3.05) is 0 Å². The molecule has 0 saturated carbocycles. The van der Waals surface area contributed by atoms with Crippen LogP contribution in [0.15, 0.2) is 9.98 Å². The summed E-state index contributed by atoms with van der Waals surface area (Å²) >= 11 is 0. The van der Waals surface area contributed by atoms with E-state index in [1.54, 1.807) is 0 Å². The molecule has 0 aromatic heterocycles. The monoisotopic (exact) mass is 586 g/mol. The first-order valence-electron chi connectivity index (χ1n) is 19.8. The maximum atomic E-state index is 4.49. The Kier molecular flexibility index (Phi) is 30.9. The molecule has 1 atom stereocenters. The zero-order valence-electron chi connectivity index (χ0n) is 29.2. The lowest BCUT2D eigenvalue weighted by Gasteiger charge is -2.15. The van der Waals surface area contributed by atoms with Gasteiger partial charge in [0.25, 0.3) is 0 Å². The summed E-state index contributed by atoms with van der Waals surface area (Å²) in [6.07, 6.45) is 53.6. The van der Waals surface area contributed by atoms with Gasteiger partial charge in [-0.3, -0.25) is 0 Å². The SMILES string of the molecule is CCCCCCCCCCCCCCCCCCCC(CCCCCCCCCCCCCCCC)C[C+]1N=CC=N1. The fourth-order valence-corrected chi connectivity index (χ4v) is 6.77. The Labute approximate surface area is 266 Å². The average Bonchev–Trinajstić information content (AvgIpc) is 3.52. The van der Waals surface area contributed by atoms with E-state index in [-0.39, 0.29) is 0 Å². The van der Waals surface area contributed by atoms with Gasteiger partial charge < -0.3 is 0 Å². The Morgan fingerprint density at radius 3 is 0.857 bits per heavy atom. The van der Waals surface area contributed by atoms with Crippen LogP contribution in [0.5, 0.6) is 0 Å². The van der Waals surface area contributed by atoms with Crippen LogP contribution < -0.4 is 0 Å². The minimum absolute atomic E-state index is 0.793. The molecule has 1 rings (SSSR count). The van der Waals surface area contributed by atoms with Crippen LogP contribution in [0.25, 0.3) is 0 Å². The van der Waals surface area contributed by atoms with Gasteiger partial charge >= 0.3 is 0 Å². The molecule has 1 aliphatic rings. The highest BCUT2D eigenvalue weighted by molar-refractivity contribution is 6.18. The van der Waals surface area contributed by atoms with Crippen LogP contribution in [0.1, 0.15) is 232 Å². The summed E-state index contributed by atoms with van der Waals surface area (Å²) in [5, 5.41) is 0. The van der Waals surface area contributed by atoms with Crippen molar-refractivity contribution in [3.8, 4) is 0 Å². The van der Waals surface area contributed by atoms with Crippen molar-refractivity contribution in [3.63, 3.8) is 0 Å². The van der Waals surface area contributed by atoms with Crippen LogP contribution in [-0.4, -0.2) is 12.4 Å². The number of hydrogen-bond acceptors (Lipinski definition) is 2. The van der Waals surface area contributed by atoms with Gasteiger partial charge in [0, 0.05) is 0 Å². The third kappa shape index (κ3) is 28.0. The van der Waals surface area contributed by atoms with E-state index in [1.807, 2.05) is 12.4 Å². The lowest BCUT2D eigenvalue weighted by Crippen LogP contribution is -2.05. The molecule has 0 saturated heterocycles. The van der Waals surface area contributed by atoms with Crippen molar-refractivity contribution in [1.82, 2.24) is 0 Å². The normalized spacial score (nSPS) is 13.5. The molecule has 0 N–H and O–H groups in total. The van der Waals surface area contributed by atoms with E-state index in [4.69, 9.17) is 0 Å². The molecule has 0 radical (unpaired) electrons. The van der Waals surface area contributed by atoms with Crippen molar-refractivity contribution >= 4 is 12.4 Å². The molecule has 1 unspecified atom stereocenters. The molecule has 1 heterocycles. The van der Waals surface area contributed by atoms with Gasteiger partial charge in [-0.1, -0.05) is 223 Å². The highest BCUT2D eigenvalue weighted by Gasteiger charge is 2.22. The van der Waals surface area contributed by atoms with E-state index in [0.29, 0.717) is 0 Å². The predicted molar refractivity (Wildman–Crippen MR) is 192 cm³/mol. The summed E-state index contributed by atoms with van der Waals surface area (Å²) in [6.45, 7) is 4.61. The van der Waals surface area contributed by atoms with Crippen LogP contribution in [0.3, 0.4) is 0 Å². The Morgan fingerprint density at radius 1 is 0.357 bits per heavy atom. The van der Waals surface area contributed by atoms with Gasteiger partial charge in [-0.25, -0.2) is 0 Å². The van der Waals surface area contributed by atoms with Gasteiger partial charge in [-0.05, 0) is 18.8 Å². The van der Waals surface area contributed by atoms with Crippen LogP contribution in [0, 0.1) is 12.1 Å². The Bertz CT molecular complexity index is 556. The van der Waals surface area contributed by atoms with Crippen LogP contribution >= 0.6 is 0 Å². The van der Waals surface area contributed by atoms with Crippen LogP contribution in [0.4, 0.5) is 0 Å². The first kappa shape index (κ1) is 39.2. The number of hydrogen-bond donors (Lipinski definition) is 0. The molecule has 0 bridgehead atoms. The van der Waals surface area contributed by atoms with Gasteiger partial charge in [0.2, 0.25) is 6.17 Å². The number of rotatable bonds is 35. The third-order valence-electron chi connectivity index (χ3n) is 9.67. The van der Waals surface area contributed by atoms with Gasteiger partial charge in [0.05, 0.1) is 6.42 Å². The highest BCUT2D eigenvalue weighted by Crippen LogP contribution is 2.28. The summed E-state index contributed by atoms with van der Waals surface area (Å²) in [7, 11) is 0. The summed E-state index contributed by atoms with van der Waals surface area (Å²) in [4.78, 5) is 8.98. The van der Waals surface area contributed by atoms with Gasteiger partial charge in [-0.15, -0.1) is 0 Å². The van der Waals surface area contributed by atoms with Crippen LogP contribution in [-0.2, 0) is 0 Å². The number of unbranched alkanes of at least 4 members (excludes halogenated alkanes) is 29. The second-order valence-electron chi connectivity index (χ2n) is 13.9. The fraction of sp³-hybridized carbons (Fsp3) is 0.925. The van der Waals surface area contributed by atoms with Crippen molar-refractivity contribution in [2.45, 2.75) is 232 Å². The molecule has 0 aliphatic carbocycles. The maximum Gasteiger partial charge on any atom is 0.240 e. The minimum atomic E-state index is 0.793. The molecule has 2 nitrogen and oxygen atoms in total. The first-order valence-corrected chi connectivity index (χ1v) is 19.8. The molecule has 2 heteroatoms. The summed E-state index contributed by atoms with van der Waals surface area (Å²) in [5.74, 6) is 0.793. The van der Waals surface area contributed by atoms with Gasteiger partial charge in [-0.2, -0.15) is 0 Å². The number of nitrogens with zero attached hydrogens (tertiary/aromatic N) is 2. The fourth-order valence-electron chi connectivity index (χ4n) is 6.77. The molecule has 246 valence electrons. The molecular formula is C40H77N2+. The van der Waals surface area contributed by atoms with E-state index >= 15 is 0 Å². The van der Waals surface area contributed by atoms with Gasteiger partial charge in [0.1, 0.15) is 0 Å².